The third-order valence-electron chi connectivity index (χ3n) is 4.75. The smallest absolute Gasteiger partial charge is 0.323 e. The van der Waals surface area contributed by atoms with Crippen molar-refractivity contribution in [1.82, 2.24) is 0 Å². The van der Waals surface area contributed by atoms with Gasteiger partial charge in [-0.05, 0) is 42.0 Å². The molecule has 0 saturated carbocycles. The minimum Gasteiger partial charge on any atom is -0.422 e. The topological polar surface area (TPSA) is 52.6 Å². The van der Waals surface area contributed by atoms with Crippen molar-refractivity contribution in [1.29, 1.82) is 0 Å². The summed E-state index contributed by atoms with van der Waals surface area (Å²) in [7, 11) is 0. The minimum absolute atomic E-state index is 0.350. The first kappa shape index (κ1) is 18.2. The molecular weight excluding hydrogens is 328 g/mol. The quantitative estimate of drug-likeness (QED) is 0.606. The zero-order valence-electron chi connectivity index (χ0n) is 15.5. The third-order valence-corrected chi connectivity index (χ3v) is 4.75. The SMILES string of the molecule is CCc1ccc(Cc2ccccc2)cc1CC1(C)OC(=O)C(C)C(=O)O1. The number of hydrogen-bond acceptors (Lipinski definition) is 4. The molecule has 136 valence electrons. The lowest BCUT2D eigenvalue weighted by Crippen LogP contribution is -2.48. The Bertz CT molecular complexity index is 792. The molecule has 0 amide bonds. The zero-order chi connectivity index (χ0) is 18.7. The highest BCUT2D eigenvalue weighted by Crippen LogP contribution is 2.29. The average molecular weight is 352 g/mol. The Labute approximate surface area is 154 Å². The summed E-state index contributed by atoms with van der Waals surface area (Å²) >= 11 is 0. The van der Waals surface area contributed by atoms with Crippen LogP contribution in [0.25, 0.3) is 0 Å². The Morgan fingerprint density at radius 2 is 1.58 bits per heavy atom. The van der Waals surface area contributed by atoms with Crippen LogP contribution in [0, 0.1) is 5.92 Å². The van der Waals surface area contributed by atoms with Gasteiger partial charge in [0, 0.05) is 6.92 Å². The van der Waals surface area contributed by atoms with Crippen LogP contribution in [0.4, 0.5) is 0 Å². The van der Waals surface area contributed by atoms with Gasteiger partial charge in [-0.15, -0.1) is 0 Å². The second kappa shape index (κ2) is 7.32. The molecule has 0 atom stereocenters. The summed E-state index contributed by atoms with van der Waals surface area (Å²) < 4.78 is 10.9. The fraction of sp³-hybridized carbons (Fsp3) is 0.364. The van der Waals surface area contributed by atoms with Gasteiger partial charge >= 0.3 is 11.9 Å². The van der Waals surface area contributed by atoms with Crippen molar-refractivity contribution in [3.05, 3.63) is 70.8 Å². The molecule has 4 heteroatoms. The van der Waals surface area contributed by atoms with Crippen molar-refractivity contribution in [2.45, 2.75) is 45.8 Å². The lowest BCUT2D eigenvalue weighted by atomic mass is 9.93. The van der Waals surface area contributed by atoms with E-state index in [1.807, 2.05) is 18.2 Å². The lowest BCUT2D eigenvalue weighted by Gasteiger charge is -2.35. The number of carbonyl (C=O) groups is 2. The molecule has 0 spiro atoms. The number of hydrogen-bond donors (Lipinski definition) is 0. The van der Waals surface area contributed by atoms with Gasteiger partial charge in [0.15, 0.2) is 5.92 Å². The lowest BCUT2D eigenvalue weighted by molar-refractivity contribution is -0.244. The van der Waals surface area contributed by atoms with E-state index in [0.29, 0.717) is 6.42 Å². The van der Waals surface area contributed by atoms with E-state index in [-0.39, 0.29) is 0 Å². The summed E-state index contributed by atoms with van der Waals surface area (Å²) in [6.45, 7) is 5.24. The van der Waals surface area contributed by atoms with Crippen molar-refractivity contribution >= 4 is 11.9 Å². The molecule has 0 bridgehead atoms. The van der Waals surface area contributed by atoms with Crippen molar-refractivity contribution < 1.29 is 19.1 Å². The molecule has 0 radical (unpaired) electrons. The molecule has 1 heterocycles. The summed E-state index contributed by atoms with van der Waals surface area (Å²) in [5.74, 6) is -3.17. The second-order valence-corrected chi connectivity index (χ2v) is 6.99. The fourth-order valence-electron chi connectivity index (χ4n) is 3.27. The number of cyclic esters (lactones) is 2. The molecule has 0 unspecified atom stereocenters. The molecule has 0 N–H and O–H groups in total. The summed E-state index contributed by atoms with van der Waals surface area (Å²) in [4.78, 5) is 23.9. The molecule has 2 aromatic carbocycles. The van der Waals surface area contributed by atoms with Crippen LogP contribution in [0.2, 0.25) is 0 Å². The monoisotopic (exact) mass is 352 g/mol. The number of rotatable bonds is 5. The zero-order valence-corrected chi connectivity index (χ0v) is 15.5. The second-order valence-electron chi connectivity index (χ2n) is 6.99. The molecule has 0 aliphatic carbocycles. The Morgan fingerprint density at radius 1 is 0.923 bits per heavy atom. The first-order chi connectivity index (χ1) is 12.4. The fourth-order valence-corrected chi connectivity index (χ4v) is 3.27. The van der Waals surface area contributed by atoms with E-state index >= 15 is 0 Å². The van der Waals surface area contributed by atoms with Crippen LogP contribution in [-0.2, 0) is 38.3 Å². The third kappa shape index (κ3) is 3.96. The number of ether oxygens (including phenoxy) is 2. The van der Waals surface area contributed by atoms with Crippen LogP contribution in [0.15, 0.2) is 48.5 Å². The predicted octanol–water partition coefficient (Wildman–Crippen LogP) is 3.83. The van der Waals surface area contributed by atoms with Crippen molar-refractivity contribution in [2.24, 2.45) is 5.92 Å². The van der Waals surface area contributed by atoms with E-state index in [9.17, 15) is 9.59 Å². The van der Waals surface area contributed by atoms with Gasteiger partial charge in [0.2, 0.25) is 0 Å². The first-order valence-electron chi connectivity index (χ1n) is 9.00. The maximum absolute atomic E-state index is 11.9. The van der Waals surface area contributed by atoms with Crippen LogP contribution in [-0.4, -0.2) is 17.7 Å². The molecule has 1 saturated heterocycles. The Kier molecular flexibility index (Phi) is 5.12. The van der Waals surface area contributed by atoms with E-state index < -0.39 is 23.6 Å². The van der Waals surface area contributed by atoms with Gasteiger partial charge in [-0.2, -0.15) is 0 Å². The van der Waals surface area contributed by atoms with Gasteiger partial charge in [-0.1, -0.05) is 55.5 Å². The van der Waals surface area contributed by atoms with Crippen molar-refractivity contribution in [3.8, 4) is 0 Å². The molecule has 1 aliphatic heterocycles. The Hall–Kier alpha value is -2.62. The summed E-state index contributed by atoms with van der Waals surface area (Å²) in [5.41, 5.74) is 4.61. The molecule has 0 aromatic heterocycles. The van der Waals surface area contributed by atoms with Crippen LogP contribution in [0.5, 0.6) is 0 Å². The molecule has 1 fully saturated rings. The van der Waals surface area contributed by atoms with Crippen molar-refractivity contribution in [2.75, 3.05) is 0 Å². The summed E-state index contributed by atoms with van der Waals surface area (Å²) in [5, 5.41) is 0. The highest BCUT2D eigenvalue weighted by atomic mass is 16.7. The first-order valence-corrected chi connectivity index (χ1v) is 9.00. The predicted molar refractivity (Wildman–Crippen MR) is 98.5 cm³/mol. The number of esters is 2. The highest BCUT2D eigenvalue weighted by molar-refractivity contribution is 5.96. The van der Waals surface area contributed by atoms with Crippen LogP contribution in [0.3, 0.4) is 0 Å². The number of carbonyl (C=O) groups excluding carboxylic acids is 2. The van der Waals surface area contributed by atoms with E-state index in [0.717, 1.165) is 24.0 Å². The molecular formula is C22H24O4. The van der Waals surface area contributed by atoms with Gasteiger partial charge in [-0.3, -0.25) is 9.59 Å². The van der Waals surface area contributed by atoms with E-state index in [2.05, 4.69) is 37.3 Å². The van der Waals surface area contributed by atoms with Crippen LogP contribution < -0.4 is 0 Å². The standard InChI is InChI=1S/C22H24O4/c1-4-18-11-10-17(12-16-8-6-5-7-9-16)13-19(18)14-22(3)25-20(23)15(2)21(24)26-22/h5-11,13,15H,4,12,14H2,1-3H3. The molecule has 26 heavy (non-hydrogen) atoms. The molecule has 3 rings (SSSR count). The summed E-state index contributed by atoms with van der Waals surface area (Å²) in [6, 6.07) is 16.6. The molecule has 4 nitrogen and oxygen atoms in total. The Balaban J connectivity index is 1.85. The maximum atomic E-state index is 11.9. The number of aryl methyl sites for hydroxylation is 1. The van der Waals surface area contributed by atoms with Gasteiger partial charge in [0.25, 0.3) is 5.79 Å². The van der Waals surface area contributed by atoms with Crippen LogP contribution >= 0.6 is 0 Å². The highest BCUT2D eigenvalue weighted by Gasteiger charge is 2.44. The average Bonchev–Trinajstić information content (AvgIpc) is 2.60. The minimum atomic E-state index is -1.25. The molecule has 2 aromatic rings. The summed E-state index contributed by atoms with van der Waals surface area (Å²) in [6.07, 6.45) is 2.03. The normalized spacial score (nSPS) is 22.7. The van der Waals surface area contributed by atoms with Gasteiger partial charge in [-0.25, -0.2) is 0 Å². The largest absolute Gasteiger partial charge is 0.422 e. The van der Waals surface area contributed by atoms with E-state index in [1.165, 1.54) is 18.1 Å². The van der Waals surface area contributed by atoms with Crippen molar-refractivity contribution in [3.63, 3.8) is 0 Å². The van der Waals surface area contributed by atoms with Gasteiger partial charge in [0.1, 0.15) is 0 Å². The van der Waals surface area contributed by atoms with E-state index in [1.54, 1.807) is 6.92 Å². The van der Waals surface area contributed by atoms with Crippen LogP contribution in [0.1, 0.15) is 43.0 Å². The van der Waals surface area contributed by atoms with Gasteiger partial charge < -0.3 is 9.47 Å². The number of benzene rings is 2. The molecule has 1 aliphatic rings. The maximum Gasteiger partial charge on any atom is 0.323 e. The Morgan fingerprint density at radius 3 is 2.19 bits per heavy atom. The van der Waals surface area contributed by atoms with E-state index in [4.69, 9.17) is 9.47 Å². The van der Waals surface area contributed by atoms with Gasteiger partial charge in [0.05, 0.1) is 6.42 Å².